The van der Waals surface area contributed by atoms with Crippen LogP contribution in [0.25, 0.3) is 0 Å². The van der Waals surface area contributed by atoms with Crippen molar-refractivity contribution < 1.29 is 13.5 Å². The minimum absolute atomic E-state index is 0.334. The minimum atomic E-state index is -0.705. The van der Waals surface area contributed by atoms with Crippen molar-refractivity contribution in [3.05, 3.63) is 29.8 Å². The molecule has 1 aromatic carbocycles. The van der Waals surface area contributed by atoms with Crippen LogP contribution >= 0.6 is 0 Å². The van der Waals surface area contributed by atoms with Gasteiger partial charge in [0, 0.05) is 0 Å². The molecule has 0 aliphatic heterocycles. The molecule has 1 aromatic rings. The summed E-state index contributed by atoms with van der Waals surface area (Å²) in [7, 11) is 1.35. The molecule has 0 radical (unpaired) electrons. The van der Waals surface area contributed by atoms with E-state index in [0.717, 1.165) is 18.5 Å². The zero-order chi connectivity index (χ0) is 8.97. The number of ether oxygens (including phenoxy) is 1. The first-order valence-corrected chi connectivity index (χ1v) is 3.25. The van der Waals surface area contributed by atoms with Gasteiger partial charge in [0.1, 0.15) is 5.69 Å². The molecule has 0 saturated carbocycles. The van der Waals surface area contributed by atoms with E-state index in [1.807, 2.05) is 0 Å². The summed E-state index contributed by atoms with van der Waals surface area (Å²) in [6.07, 6.45) is 0.974. The maximum absolute atomic E-state index is 12.8. The van der Waals surface area contributed by atoms with Gasteiger partial charge in [-0.05, 0) is 12.1 Å². The predicted molar refractivity (Wildman–Crippen MR) is 41.5 cm³/mol. The maximum Gasteiger partial charge on any atom is 0.174 e. The standard InChI is InChI=1S/C8H7F2NO/c1-12-5-11-8-6(9)3-2-4-7(8)10/h2-5H,1H3. The van der Waals surface area contributed by atoms with Crippen molar-refractivity contribution in [3.8, 4) is 0 Å². The average Bonchev–Trinajstić information content (AvgIpc) is 2.04. The van der Waals surface area contributed by atoms with E-state index in [2.05, 4.69) is 9.73 Å². The Hall–Kier alpha value is -1.45. The van der Waals surface area contributed by atoms with E-state index in [0.29, 0.717) is 0 Å². The fraction of sp³-hybridized carbons (Fsp3) is 0.125. The Morgan fingerprint density at radius 1 is 1.33 bits per heavy atom. The van der Waals surface area contributed by atoms with Crippen LogP contribution in [0, 0.1) is 11.6 Å². The van der Waals surface area contributed by atoms with Crippen LogP contribution in [-0.4, -0.2) is 13.5 Å². The van der Waals surface area contributed by atoms with Crippen molar-refractivity contribution in [1.82, 2.24) is 0 Å². The van der Waals surface area contributed by atoms with Crippen LogP contribution in [-0.2, 0) is 4.74 Å². The molecule has 0 aliphatic carbocycles. The molecular formula is C8H7F2NO. The number of hydrogen-bond acceptors (Lipinski definition) is 2. The van der Waals surface area contributed by atoms with E-state index in [1.54, 1.807) is 0 Å². The molecule has 0 amide bonds. The van der Waals surface area contributed by atoms with E-state index >= 15 is 0 Å². The average molecular weight is 171 g/mol. The van der Waals surface area contributed by atoms with Crippen LogP contribution in [0.4, 0.5) is 14.5 Å². The number of halogens is 2. The van der Waals surface area contributed by atoms with Gasteiger partial charge in [-0.2, -0.15) is 0 Å². The van der Waals surface area contributed by atoms with Crippen LogP contribution < -0.4 is 0 Å². The number of para-hydroxylation sites is 1. The number of benzene rings is 1. The fourth-order valence-corrected chi connectivity index (χ4v) is 0.718. The number of methoxy groups -OCH3 is 1. The second kappa shape index (κ2) is 3.80. The first-order valence-electron chi connectivity index (χ1n) is 3.25. The summed E-state index contributed by atoms with van der Waals surface area (Å²) in [4.78, 5) is 3.43. The summed E-state index contributed by atoms with van der Waals surface area (Å²) in [6, 6.07) is 3.54. The number of aliphatic imine (C=N–C) groups is 1. The van der Waals surface area contributed by atoms with Gasteiger partial charge in [-0.3, -0.25) is 0 Å². The van der Waals surface area contributed by atoms with E-state index in [4.69, 9.17) is 0 Å². The topological polar surface area (TPSA) is 21.6 Å². The van der Waals surface area contributed by atoms with Crippen LogP contribution in [0.1, 0.15) is 0 Å². The van der Waals surface area contributed by atoms with Crippen LogP contribution in [0.2, 0.25) is 0 Å². The second-order valence-electron chi connectivity index (χ2n) is 2.04. The number of hydrogen-bond donors (Lipinski definition) is 0. The van der Waals surface area contributed by atoms with Gasteiger partial charge in [0.05, 0.1) is 7.11 Å². The monoisotopic (exact) mass is 171 g/mol. The highest BCUT2D eigenvalue weighted by Gasteiger charge is 2.04. The van der Waals surface area contributed by atoms with Crippen molar-refractivity contribution in [1.29, 1.82) is 0 Å². The molecule has 2 nitrogen and oxygen atoms in total. The first kappa shape index (κ1) is 8.64. The molecule has 0 spiro atoms. The Morgan fingerprint density at radius 2 is 1.92 bits per heavy atom. The normalized spacial score (nSPS) is 10.6. The maximum atomic E-state index is 12.8. The van der Waals surface area contributed by atoms with Gasteiger partial charge in [0.25, 0.3) is 0 Å². The quantitative estimate of drug-likeness (QED) is 0.494. The summed E-state index contributed by atoms with van der Waals surface area (Å²) >= 11 is 0. The minimum Gasteiger partial charge on any atom is -0.486 e. The van der Waals surface area contributed by atoms with E-state index in [-0.39, 0.29) is 5.69 Å². The summed E-state index contributed by atoms with van der Waals surface area (Å²) < 4.78 is 30.0. The molecule has 0 bridgehead atoms. The third-order valence-electron chi connectivity index (χ3n) is 1.22. The number of rotatable bonds is 2. The molecular weight excluding hydrogens is 164 g/mol. The zero-order valence-electron chi connectivity index (χ0n) is 6.42. The molecule has 0 aliphatic rings. The smallest absolute Gasteiger partial charge is 0.174 e. The summed E-state index contributed by atoms with van der Waals surface area (Å²) in [5, 5.41) is 0. The lowest BCUT2D eigenvalue weighted by Crippen LogP contribution is -1.83. The SMILES string of the molecule is COC=Nc1c(F)cccc1F. The molecule has 4 heteroatoms. The highest BCUT2D eigenvalue weighted by atomic mass is 19.1. The number of nitrogens with zero attached hydrogens (tertiary/aromatic N) is 1. The molecule has 12 heavy (non-hydrogen) atoms. The van der Waals surface area contributed by atoms with E-state index in [9.17, 15) is 8.78 Å². The molecule has 0 heterocycles. The third-order valence-corrected chi connectivity index (χ3v) is 1.22. The van der Waals surface area contributed by atoms with Crippen molar-refractivity contribution in [2.24, 2.45) is 4.99 Å². The summed E-state index contributed by atoms with van der Waals surface area (Å²) in [6.45, 7) is 0. The first-order chi connectivity index (χ1) is 5.75. The predicted octanol–water partition coefficient (Wildman–Crippen LogP) is 2.27. The molecule has 0 fully saturated rings. The van der Waals surface area contributed by atoms with Crippen molar-refractivity contribution in [2.75, 3.05) is 7.11 Å². The van der Waals surface area contributed by atoms with Crippen LogP contribution in [0.5, 0.6) is 0 Å². The largest absolute Gasteiger partial charge is 0.486 e. The Labute approximate surface area is 68.5 Å². The molecule has 64 valence electrons. The Kier molecular flexibility index (Phi) is 2.74. The van der Waals surface area contributed by atoms with Gasteiger partial charge in [0.15, 0.2) is 18.0 Å². The fourth-order valence-electron chi connectivity index (χ4n) is 0.718. The highest BCUT2D eigenvalue weighted by molar-refractivity contribution is 5.56. The van der Waals surface area contributed by atoms with E-state index < -0.39 is 11.6 Å². The van der Waals surface area contributed by atoms with Gasteiger partial charge in [-0.1, -0.05) is 6.07 Å². The molecule has 0 saturated heterocycles. The van der Waals surface area contributed by atoms with Gasteiger partial charge in [-0.25, -0.2) is 13.8 Å². The Morgan fingerprint density at radius 3 is 2.42 bits per heavy atom. The van der Waals surface area contributed by atoms with Crippen LogP contribution in [0.15, 0.2) is 23.2 Å². The molecule has 0 aromatic heterocycles. The van der Waals surface area contributed by atoms with Crippen molar-refractivity contribution in [2.45, 2.75) is 0 Å². The zero-order valence-corrected chi connectivity index (χ0v) is 6.42. The lowest BCUT2D eigenvalue weighted by Gasteiger charge is -1.96. The van der Waals surface area contributed by atoms with E-state index in [1.165, 1.54) is 13.2 Å². The molecule has 1 rings (SSSR count). The van der Waals surface area contributed by atoms with Crippen LogP contribution in [0.3, 0.4) is 0 Å². The Balaban J connectivity index is 3.04. The second-order valence-corrected chi connectivity index (χ2v) is 2.04. The molecule has 0 N–H and O–H groups in total. The lowest BCUT2D eigenvalue weighted by molar-refractivity contribution is 0.422. The van der Waals surface area contributed by atoms with Crippen molar-refractivity contribution in [3.63, 3.8) is 0 Å². The van der Waals surface area contributed by atoms with Gasteiger partial charge in [-0.15, -0.1) is 0 Å². The Bertz CT molecular complexity index is 279. The van der Waals surface area contributed by atoms with Gasteiger partial charge in [0.2, 0.25) is 0 Å². The summed E-state index contributed by atoms with van der Waals surface area (Å²) in [5.74, 6) is -1.41. The van der Waals surface area contributed by atoms with Gasteiger partial charge >= 0.3 is 0 Å². The van der Waals surface area contributed by atoms with Crippen molar-refractivity contribution >= 4 is 12.1 Å². The highest BCUT2D eigenvalue weighted by Crippen LogP contribution is 2.20. The van der Waals surface area contributed by atoms with Gasteiger partial charge < -0.3 is 4.74 Å². The third kappa shape index (κ3) is 1.78. The lowest BCUT2D eigenvalue weighted by atomic mass is 10.3. The molecule has 0 unspecified atom stereocenters. The summed E-state index contributed by atoms with van der Waals surface area (Å²) in [5.41, 5.74) is -0.334. The molecule has 0 atom stereocenters.